The lowest BCUT2D eigenvalue weighted by molar-refractivity contribution is -0.135. The summed E-state index contributed by atoms with van der Waals surface area (Å²) in [6, 6.07) is 0. The smallest absolute Gasteiger partial charge is 0.251 e. The van der Waals surface area contributed by atoms with Crippen LogP contribution in [0.4, 0.5) is 5.00 Å². The van der Waals surface area contributed by atoms with Crippen LogP contribution in [0.15, 0.2) is 0 Å². The van der Waals surface area contributed by atoms with Crippen molar-refractivity contribution in [3.05, 3.63) is 16.0 Å². The van der Waals surface area contributed by atoms with E-state index >= 15 is 0 Å². The molecule has 6 nitrogen and oxygen atoms in total. The third-order valence-electron chi connectivity index (χ3n) is 5.25. The second-order valence-electron chi connectivity index (χ2n) is 9.47. The molecule has 1 aliphatic rings. The van der Waals surface area contributed by atoms with Crippen molar-refractivity contribution < 1.29 is 19.7 Å². The molecule has 0 spiro atoms. The lowest BCUT2D eigenvalue weighted by Gasteiger charge is -2.41. The number of ether oxygens (including phenoxy) is 1. The number of carbonyl (C=O) groups is 1. The van der Waals surface area contributed by atoms with Gasteiger partial charge in [0.1, 0.15) is 10.6 Å². The molecule has 2 atom stereocenters. The first-order valence-electron chi connectivity index (χ1n) is 8.83. The molecule has 148 valence electrons. The number of aliphatic hydroxyl groups is 2. The zero-order chi connectivity index (χ0) is 20.3. The Labute approximate surface area is 159 Å². The predicted molar refractivity (Wildman–Crippen MR) is 104 cm³/mol. The molecule has 2 heterocycles. The first kappa shape index (κ1) is 21.2. The van der Waals surface area contributed by atoms with E-state index in [0.29, 0.717) is 17.0 Å². The van der Waals surface area contributed by atoms with Gasteiger partial charge in [0.05, 0.1) is 16.8 Å². The van der Waals surface area contributed by atoms with E-state index in [2.05, 4.69) is 5.32 Å². The quantitative estimate of drug-likeness (QED) is 0.598. The lowest BCUT2D eigenvalue weighted by Crippen LogP contribution is -2.53. The van der Waals surface area contributed by atoms with Crippen LogP contribution in [0.1, 0.15) is 76.2 Å². The molecule has 7 heteroatoms. The van der Waals surface area contributed by atoms with Crippen LogP contribution in [0.2, 0.25) is 0 Å². The van der Waals surface area contributed by atoms with Crippen molar-refractivity contribution in [1.29, 1.82) is 0 Å². The average Bonchev–Trinajstić information content (AvgIpc) is 2.73. The number of hydrogen-bond acceptors (Lipinski definition) is 6. The van der Waals surface area contributed by atoms with Gasteiger partial charge in [0, 0.05) is 11.3 Å². The Kier molecular flexibility index (Phi) is 5.04. The number of fused-ring (bicyclic) bond motifs is 1. The van der Waals surface area contributed by atoms with E-state index < -0.39 is 34.4 Å². The van der Waals surface area contributed by atoms with Crippen molar-refractivity contribution in [2.75, 3.05) is 5.32 Å². The molecule has 2 rings (SSSR count). The van der Waals surface area contributed by atoms with E-state index in [1.807, 2.05) is 48.5 Å². The monoisotopic (exact) mass is 384 g/mol. The van der Waals surface area contributed by atoms with Gasteiger partial charge in [-0.25, -0.2) is 0 Å². The maximum atomic E-state index is 12.2. The van der Waals surface area contributed by atoms with E-state index in [1.165, 1.54) is 11.3 Å². The molecule has 0 radical (unpaired) electrons. The average molecular weight is 385 g/mol. The van der Waals surface area contributed by atoms with Crippen LogP contribution in [-0.4, -0.2) is 33.6 Å². The molecule has 26 heavy (non-hydrogen) atoms. The molecule has 0 aromatic carbocycles. The Hall–Kier alpha value is -1.15. The molecule has 0 saturated heterocycles. The van der Waals surface area contributed by atoms with Gasteiger partial charge in [0.15, 0.2) is 6.23 Å². The van der Waals surface area contributed by atoms with Crippen LogP contribution in [0.3, 0.4) is 0 Å². The topological polar surface area (TPSA) is 105 Å². The number of rotatable bonds is 4. The standard InChI is InChI=1S/C19H32N2O4S/c1-16(2,3)19(8,24)15(23)21-14-11(13(20)22)10-9-17(4,5)25-18(6,7)12(10)26-14/h15,21,23-24H,9H2,1-8H3,(H2,20,22). The second-order valence-corrected chi connectivity index (χ2v) is 10.5. The summed E-state index contributed by atoms with van der Waals surface area (Å²) < 4.78 is 6.18. The van der Waals surface area contributed by atoms with E-state index in [4.69, 9.17) is 10.5 Å². The fraction of sp³-hybridized carbons (Fsp3) is 0.737. The Morgan fingerprint density at radius 3 is 2.27 bits per heavy atom. The number of aliphatic hydroxyl groups excluding tert-OH is 1. The minimum atomic E-state index is -1.42. The van der Waals surface area contributed by atoms with Gasteiger partial charge in [-0.15, -0.1) is 11.3 Å². The van der Waals surface area contributed by atoms with Crippen LogP contribution >= 0.6 is 11.3 Å². The number of nitrogens with one attached hydrogen (secondary N) is 1. The minimum Gasteiger partial charge on any atom is -0.385 e. The number of carbonyl (C=O) groups excluding carboxylic acids is 1. The molecule has 2 unspecified atom stereocenters. The normalized spacial score (nSPS) is 22.2. The molecule has 0 aliphatic carbocycles. The summed E-state index contributed by atoms with van der Waals surface area (Å²) in [4.78, 5) is 13.1. The van der Waals surface area contributed by atoms with E-state index in [0.717, 1.165) is 10.4 Å². The van der Waals surface area contributed by atoms with Crippen LogP contribution in [-0.2, 0) is 16.8 Å². The number of primary amides is 1. The van der Waals surface area contributed by atoms with Crippen molar-refractivity contribution in [3.8, 4) is 0 Å². The van der Waals surface area contributed by atoms with E-state index in [9.17, 15) is 15.0 Å². The Morgan fingerprint density at radius 2 is 1.81 bits per heavy atom. The Morgan fingerprint density at radius 1 is 1.27 bits per heavy atom. The molecule has 0 fully saturated rings. The number of hydrogen-bond donors (Lipinski definition) is 4. The number of thiophene rings is 1. The SMILES string of the molecule is CC1(C)Cc2c(sc(NC(O)C(C)(O)C(C)(C)C)c2C(N)=O)C(C)(C)O1. The first-order chi connectivity index (χ1) is 11.5. The van der Waals surface area contributed by atoms with Crippen molar-refractivity contribution in [1.82, 2.24) is 0 Å². The molecule has 0 saturated carbocycles. The Bertz CT molecular complexity index is 714. The van der Waals surface area contributed by atoms with Gasteiger partial charge in [-0.3, -0.25) is 4.79 Å². The number of anilines is 1. The maximum absolute atomic E-state index is 12.2. The zero-order valence-electron chi connectivity index (χ0n) is 17.0. The van der Waals surface area contributed by atoms with Crippen LogP contribution < -0.4 is 11.1 Å². The third-order valence-corrected chi connectivity index (χ3v) is 6.72. The Balaban J connectivity index is 2.53. The molecular formula is C19H32N2O4S. The molecule has 1 amide bonds. The first-order valence-corrected chi connectivity index (χ1v) is 9.64. The second kappa shape index (κ2) is 6.19. The maximum Gasteiger partial charge on any atom is 0.251 e. The fourth-order valence-corrected chi connectivity index (χ4v) is 4.64. The molecule has 1 aromatic rings. The fourth-order valence-electron chi connectivity index (χ4n) is 3.36. The lowest BCUT2D eigenvalue weighted by atomic mass is 9.76. The van der Waals surface area contributed by atoms with Gasteiger partial charge < -0.3 is 26.0 Å². The van der Waals surface area contributed by atoms with Crippen LogP contribution in [0.5, 0.6) is 0 Å². The van der Waals surface area contributed by atoms with Crippen LogP contribution in [0, 0.1) is 5.41 Å². The van der Waals surface area contributed by atoms with E-state index in [1.54, 1.807) is 6.92 Å². The van der Waals surface area contributed by atoms with Crippen molar-refractivity contribution in [2.45, 2.75) is 84.8 Å². The van der Waals surface area contributed by atoms with E-state index in [-0.39, 0.29) is 0 Å². The highest BCUT2D eigenvalue weighted by Crippen LogP contribution is 2.48. The summed E-state index contributed by atoms with van der Waals surface area (Å²) in [7, 11) is 0. The van der Waals surface area contributed by atoms with Crippen molar-refractivity contribution >= 4 is 22.2 Å². The summed E-state index contributed by atoms with van der Waals surface area (Å²) >= 11 is 1.34. The van der Waals surface area contributed by atoms with Crippen molar-refractivity contribution in [2.24, 2.45) is 11.1 Å². The highest BCUT2D eigenvalue weighted by Gasteiger charge is 2.45. The highest BCUT2D eigenvalue weighted by molar-refractivity contribution is 7.17. The largest absolute Gasteiger partial charge is 0.385 e. The molecule has 0 bridgehead atoms. The summed E-state index contributed by atoms with van der Waals surface area (Å²) in [6.45, 7) is 15.0. The molecule has 1 aromatic heterocycles. The summed E-state index contributed by atoms with van der Waals surface area (Å²) in [6.07, 6.45) is -0.716. The molecule has 1 aliphatic heterocycles. The molecule has 5 N–H and O–H groups in total. The number of amides is 1. The van der Waals surface area contributed by atoms with Gasteiger partial charge >= 0.3 is 0 Å². The minimum absolute atomic E-state index is 0.373. The summed E-state index contributed by atoms with van der Waals surface area (Å²) in [5, 5.41) is 24.8. The van der Waals surface area contributed by atoms with Gasteiger partial charge in [0.2, 0.25) is 0 Å². The van der Waals surface area contributed by atoms with Crippen LogP contribution in [0.25, 0.3) is 0 Å². The van der Waals surface area contributed by atoms with Gasteiger partial charge in [-0.1, -0.05) is 20.8 Å². The van der Waals surface area contributed by atoms with Crippen molar-refractivity contribution in [3.63, 3.8) is 0 Å². The zero-order valence-corrected chi connectivity index (χ0v) is 17.8. The van der Waals surface area contributed by atoms with Gasteiger partial charge in [-0.2, -0.15) is 0 Å². The summed E-state index contributed by atoms with van der Waals surface area (Å²) in [5.74, 6) is -0.555. The third kappa shape index (κ3) is 3.63. The highest BCUT2D eigenvalue weighted by atomic mass is 32.1. The summed E-state index contributed by atoms with van der Waals surface area (Å²) in [5.41, 5.74) is 3.89. The van der Waals surface area contributed by atoms with Gasteiger partial charge in [0.25, 0.3) is 5.91 Å². The molecular weight excluding hydrogens is 352 g/mol. The number of nitrogens with two attached hydrogens (primary N) is 1. The van der Waals surface area contributed by atoms with Gasteiger partial charge in [-0.05, 0) is 45.6 Å². The predicted octanol–water partition coefficient (Wildman–Crippen LogP) is 2.96.